The van der Waals surface area contributed by atoms with Gasteiger partial charge in [-0.05, 0) is 17.8 Å². The van der Waals surface area contributed by atoms with Crippen molar-refractivity contribution in [1.82, 2.24) is 0 Å². The quantitative estimate of drug-likeness (QED) is 0.575. The maximum atomic E-state index is 11.2. The van der Waals surface area contributed by atoms with Crippen LogP contribution in [0.1, 0.15) is 33.6 Å². The van der Waals surface area contributed by atoms with E-state index in [9.17, 15) is 9.90 Å². The van der Waals surface area contributed by atoms with Gasteiger partial charge in [-0.2, -0.15) is 0 Å². The van der Waals surface area contributed by atoms with Crippen molar-refractivity contribution in [2.24, 2.45) is 11.3 Å². The maximum Gasteiger partial charge on any atom is 0.162 e. The van der Waals surface area contributed by atoms with E-state index < -0.39 is 6.10 Å². The number of aliphatic hydroxyl groups is 1. The molecular weight excluding hydrogens is 140 g/mol. The van der Waals surface area contributed by atoms with Crippen molar-refractivity contribution in [3.63, 3.8) is 0 Å². The summed E-state index contributed by atoms with van der Waals surface area (Å²) in [6, 6.07) is 0. The Labute approximate surface area is 67.6 Å². The smallest absolute Gasteiger partial charge is 0.162 e. The Kier molecular flexibility index (Phi) is 2.06. The van der Waals surface area contributed by atoms with Crippen LogP contribution in [0.5, 0.6) is 0 Å². The van der Waals surface area contributed by atoms with Crippen LogP contribution < -0.4 is 0 Å². The number of hydrogen-bond acceptors (Lipinski definition) is 2. The fraction of sp³-hybridized carbons (Fsp3) is 0.889. The minimum atomic E-state index is -0.737. The molecule has 1 aliphatic carbocycles. The van der Waals surface area contributed by atoms with Crippen molar-refractivity contribution in [3.05, 3.63) is 0 Å². The first-order valence-corrected chi connectivity index (χ1v) is 4.14. The summed E-state index contributed by atoms with van der Waals surface area (Å²) in [6.45, 7) is 5.96. The van der Waals surface area contributed by atoms with Crippen LogP contribution in [0.25, 0.3) is 0 Å². The number of ketones is 1. The van der Waals surface area contributed by atoms with Crippen molar-refractivity contribution in [2.75, 3.05) is 0 Å². The maximum absolute atomic E-state index is 11.2. The summed E-state index contributed by atoms with van der Waals surface area (Å²) in [5.74, 6) is 0.439. The molecule has 0 radical (unpaired) electrons. The molecule has 0 unspecified atom stereocenters. The molecule has 2 heteroatoms. The zero-order valence-corrected chi connectivity index (χ0v) is 7.42. The van der Waals surface area contributed by atoms with Gasteiger partial charge >= 0.3 is 0 Å². The standard InChI is InChI=1S/C9H16O2/c1-6-4-7(10)8(11)9(2,3)5-6/h6,8,11H,4-5H2,1-3H3/t6-,8+/m0/s1. The number of rotatable bonds is 0. The van der Waals surface area contributed by atoms with Gasteiger partial charge in [-0.3, -0.25) is 4.79 Å². The van der Waals surface area contributed by atoms with Gasteiger partial charge in [-0.25, -0.2) is 0 Å². The lowest BCUT2D eigenvalue weighted by Gasteiger charge is -2.37. The number of hydrogen-bond donors (Lipinski definition) is 1. The zero-order valence-electron chi connectivity index (χ0n) is 7.42. The highest BCUT2D eigenvalue weighted by Crippen LogP contribution is 2.36. The molecule has 11 heavy (non-hydrogen) atoms. The summed E-state index contributed by atoms with van der Waals surface area (Å²) in [7, 11) is 0. The highest BCUT2D eigenvalue weighted by molar-refractivity contribution is 5.84. The van der Waals surface area contributed by atoms with Crippen LogP contribution in [0.2, 0.25) is 0 Å². The Balaban J connectivity index is 2.75. The Morgan fingerprint density at radius 2 is 2.09 bits per heavy atom. The van der Waals surface area contributed by atoms with Gasteiger partial charge in [0.25, 0.3) is 0 Å². The highest BCUT2D eigenvalue weighted by atomic mass is 16.3. The SMILES string of the molecule is C[C@H]1CC(=O)[C@@H](O)C(C)(C)C1. The molecule has 0 aromatic heterocycles. The van der Waals surface area contributed by atoms with Gasteiger partial charge in [-0.1, -0.05) is 20.8 Å². The number of carbonyl (C=O) groups excluding carboxylic acids is 1. The number of aliphatic hydroxyl groups excluding tert-OH is 1. The minimum Gasteiger partial charge on any atom is -0.385 e. The first kappa shape index (κ1) is 8.72. The van der Waals surface area contributed by atoms with Gasteiger partial charge in [-0.15, -0.1) is 0 Å². The largest absolute Gasteiger partial charge is 0.385 e. The topological polar surface area (TPSA) is 37.3 Å². The summed E-state index contributed by atoms with van der Waals surface area (Å²) >= 11 is 0. The Morgan fingerprint density at radius 3 is 2.55 bits per heavy atom. The predicted octanol–water partition coefficient (Wildman–Crippen LogP) is 1.37. The van der Waals surface area contributed by atoms with Crippen LogP contribution in [0.4, 0.5) is 0 Å². The van der Waals surface area contributed by atoms with E-state index in [0.29, 0.717) is 12.3 Å². The molecule has 2 nitrogen and oxygen atoms in total. The normalized spacial score (nSPS) is 37.3. The Bertz CT molecular complexity index is 172. The molecule has 1 saturated carbocycles. The van der Waals surface area contributed by atoms with Crippen molar-refractivity contribution < 1.29 is 9.90 Å². The molecule has 1 rings (SSSR count). The van der Waals surface area contributed by atoms with Crippen LogP contribution in [-0.4, -0.2) is 17.0 Å². The second kappa shape index (κ2) is 2.59. The van der Waals surface area contributed by atoms with Gasteiger partial charge in [0.15, 0.2) is 5.78 Å². The van der Waals surface area contributed by atoms with E-state index in [2.05, 4.69) is 6.92 Å². The van der Waals surface area contributed by atoms with Crippen LogP contribution in [0.15, 0.2) is 0 Å². The van der Waals surface area contributed by atoms with Crippen molar-refractivity contribution >= 4 is 5.78 Å². The van der Waals surface area contributed by atoms with E-state index >= 15 is 0 Å². The zero-order chi connectivity index (χ0) is 8.65. The number of Topliss-reactive ketones (excluding diaryl/α,β-unsaturated/α-hetero) is 1. The highest BCUT2D eigenvalue weighted by Gasteiger charge is 2.39. The van der Waals surface area contributed by atoms with E-state index in [0.717, 1.165) is 6.42 Å². The second-order valence-electron chi connectivity index (χ2n) is 4.37. The molecule has 0 aromatic rings. The van der Waals surface area contributed by atoms with Crippen LogP contribution in [-0.2, 0) is 4.79 Å². The van der Waals surface area contributed by atoms with Crippen molar-refractivity contribution in [1.29, 1.82) is 0 Å². The van der Waals surface area contributed by atoms with E-state index in [4.69, 9.17) is 0 Å². The predicted molar refractivity (Wildman–Crippen MR) is 43.2 cm³/mol. The van der Waals surface area contributed by atoms with Crippen molar-refractivity contribution in [3.8, 4) is 0 Å². The summed E-state index contributed by atoms with van der Waals surface area (Å²) < 4.78 is 0. The average molecular weight is 156 g/mol. The first-order chi connectivity index (χ1) is 4.93. The first-order valence-electron chi connectivity index (χ1n) is 4.14. The molecule has 0 bridgehead atoms. The second-order valence-corrected chi connectivity index (χ2v) is 4.37. The summed E-state index contributed by atoms with van der Waals surface area (Å²) in [6.07, 6.45) is 0.753. The van der Waals surface area contributed by atoms with E-state index in [1.165, 1.54) is 0 Å². The van der Waals surface area contributed by atoms with Gasteiger partial charge in [0.2, 0.25) is 0 Å². The molecule has 2 atom stereocenters. The Hall–Kier alpha value is -0.370. The van der Waals surface area contributed by atoms with Crippen LogP contribution in [0.3, 0.4) is 0 Å². The fourth-order valence-corrected chi connectivity index (χ4v) is 1.97. The van der Waals surface area contributed by atoms with Gasteiger partial charge in [0.1, 0.15) is 6.10 Å². The van der Waals surface area contributed by atoms with Gasteiger partial charge < -0.3 is 5.11 Å². The van der Waals surface area contributed by atoms with Crippen molar-refractivity contribution in [2.45, 2.75) is 39.7 Å². The van der Waals surface area contributed by atoms with Crippen LogP contribution in [0, 0.1) is 11.3 Å². The van der Waals surface area contributed by atoms with E-state index in [1.54, 1.807) is 0 Å². The molecule has 0 aliphatic heterocycles. The molecule has 0 amide bonds. The molecule has 0 saturated heterocycles. The lowest BCUT2D eigenvalue weighted by molar-refractivity contribution is -0.139. The summed E-state index contributed by atoms with van der Waals surface area (Å²) in [5, 5.41) is 9.47. The lowest BCUT2D eigenvalue weighted by atomic mass is 9.70. The third-order valence-corrected chi connectivity index (χ3v) is 2.47. The lowest BCUT2D eigenvalue weighted by Crippen LogP contribution is -2.42. The van der Waals surface area contributed by atoms with Gasteiger partial charge in [0.05, 0.1) is 0 Å². The number of carbonyl (C=O) groups is 1. The van der Waals surface area contributed by atoms with E-state index in [1.807, 2.05) is 13.8 Å². The Morgan fingerprint density at radius 1 is 1.55 bits per heavy atom. The third kappa shape index (κ3) is 1.62. The minimum absolute atomic E-state index is 0.00810. The van der Waals surface area contributed by atoms with Crippen LogP contribution >= 0.6 is 0 Å². The molecule has 1 fully saturated rings. The summed E-state index contributed by atoms with van der Waals surface area (Å²) in [5.41, 5.74) is -0.214. The monoisotopic (exact) mass is 156 g/mol. The molecule has 64 valence electrons. The molecule has 1 N–H and O–H groups in total. The third-order valence-electron chi connectivity index (χ3n) is 2.47. The fourth-order valence-electron chi connectivity index (χ4n) is 1.97. The van der Waals surface area contributed by atoms with E-state index in [-0.39, 0.29) is 11.2 Å². The molecule has 0 aromatic carbocycles. The van der Waals surface area contributed by atoms with Gasteiger partial charge in [0, 0.05) is 6.42 Å². The molecular formula is C9H16O2. The average Bonchev–Trinajstić information content (AvgIpc) is 1.81. The summed E-state index contributed by atoms with van der Waals surface area (Å²) in [4.78, 5) is 11.2. The molecule has 0 heterocycles. The molecule has 1 aliphatic rings. The molecule has 0 spiro atoms.